The number of anilines is 2. The minimum atomic E-state index is -0.410. The van der Waals surface area contributed by atoms with Crippen LogP contribution in [0.3, 0.4) is 0 Å². The first-order valence-corrected chi connectivity index (χ1v) is 9.49. The van der Waals surface area contributed by atoms with Crippen molar-refractivity contribution < 1.29 is 9.53 Å². The number of pyridine rings is 1. The molecule has 0 unspecified atom stereocenters. The van der Waals surface area contributed by atoms with E-state index in [9.17, 15) is 4.79 Å². The second-order valence-corrected chi connectivity index (χ2v) is 7.47. The molecule has 0 aliphatic carbocycles. The van der Waals surface area contributed by atoms with Crippen LogP contribution in [0.2, 0.25) is 5.02 Å². The molecule has 0 bridgehead atoms. The number of methoxy groups -OCH3 is 1. The molecule has 0 amide bonds. The number of carbonyl (C=O) groups is 1. The topological polar surface area (TPSA) is 72.3 Å². The number of nitrogens with one attached hydrogen (secondary N) is 1. The lowest BCUT2D eigenvalue weighted by Crippen LogP contribution is -2.18. The van der Waals surface area contributed by atoms with Crippen LogP contribution in [-0.4, -0.2) is 48.3 Å². The molecule has 2 aromatic heterocycles. The standard InChI is InChI=1S/C20H22ClN5O2/c1-11-8-15(25(2)3)23-10-14(11)12-9-13(19(27)28-4)18-17(16(12)21)24-20-22-6-5-7-26(18)20/h8-10H,5-7H2,1-4H3,(H,22,24). The minimum Gasteiger partial charge on any atom is -0.465 e. The maximum atomic E-state index is 12.6. The van der Waals surface area contributed by atoms with Crippen LogP contribution in [0.5, 0.6) is 0 Å². The highest BCUT2D eigenvalue weighted by Crippen LogP contribution is 2.40. The molecule has 0 saturated carbocycles. The normalized spacial score (nSPS) is 13.2. The van der Waals surface area contributed by atoms with E-state index < -0.39 is 5.97 Å². The Kier molecular flexibility index (Phi) is 4.63. The highest BCUT2D eigenvalue weighted by Gasteiger charge is 2.25. The van der Waals surface area contributed by atoms with Gasteiger partial charge < -0.3 is 19.5 Å². The maximum absolute atomic E-state index is 12.6. The molecular weight excluding hydrogens is 378 g/mol. The van der Waals surface area contributed by atoms with Crippen LogP contribution in [0.25, 0.3) is 22.2 Å². The zero-order valence-electron chi connectivity index (χ0n) is 16.3. The molecule has 1 aliphatic rings. The Morgan fingerprint density at radius 3 is 2.79 bits per heavy atom. The van der Waals surface area contributed by atoms with E-state index in [2.05, 4.69) is 15.3 Å². The first-order chi connectivity index (χ1) is 13.4. The second kappa shape index (κ2) is 6.98. The Hall–Kier alpha value is -2.80. The summed E-state index contributed by atoms with van der Waals surface area (Å²) in [6.07, 6.45) is 2.74. The van der Waals surface area contributed by atoms with E-state index in [4.69, 9.17) is 16.3 Å². The molecule has 28 heavy (non-hydrogen) atoms. The smallest absolute Gasteiger partial charge is 0.340 e. The lowest BCUT2D eigenvalue weighted by molar-refractivity contribution is 0.0602. The van der Waals surface area contributed by atoms with Crippen LogP contribution in [0.4, 0.5) is 11.8 Å². The van der Waals surface area contributed by atoms with Crippen molar-refractivity contribution in [2.75, 3.05) is 38.0 Å². The number of imidazole rings is 1. The van der Waals surface area contributed by atoms with Gasteiger partial charge in [-0.15, -0.1) is 0 Å². The van der Waals surface area contributed by atoms with Gasteiger partial charge in [0.05, 0.1) is 23.2 Å². The fourth-order valence-corrected chi connectivity index (χ4v) is 3.89. The molecule has 0 atom stereocenters. The molecule has 4 rings (SSSR count). The zero-order chi connectivity index (χ0) is 20.0. The summed E-state index contributed by atoms with van der Waals surface area (Å²) in [5, 5.41) is 3.79. The third-order valence-corrected chi connectivity index (χ3v) is 5.43. The van der Waals surface area contributed by atoms with Crippen molar-refractivity contribution in [1.29, 1.82) is 0 Å². The van der Waals surface area contributed by atoms with Crippen LogP contribution in [0.1, 0.15) is 22.3 Å². The van der Waals surface area contributed by atoms with Crippen molar-refractivity contribution in [3.05, 3.63) is 34.5 Å². The van der Waals surface area contributed by atoms with Gasteiger partial charge >= 0.3 is 5.97 Å². The zero-order valence-corrected chi connectivity index (χ0v) is 17.1. The number of esters is 1. The molecule has 1 N–H and O–H groups in total. The van der Waals surface area contributed by atoms with E-state index in [0.29, 0.717) is 21.6 Å². The summed E-state index contributed by atoms with van der Waals surface area (Å²) in [6.45, 7) is 3.62. The minimum absolute atomic E-state index is 0.410. The van der Waals surface area contributed by atoms with Gasteiger partial charge in [0.15, 0.2) is 0 Å². The van der Waals surface area contributed by atoms with E-state index in [1.165, 1.54) is 7.11 Å². The van der Waals surface area contributed by atoms with Gasteiger partial charge in [0.1, 0.15) is 11.3 Å². The SMILES string of the molecule is COC(=O)c1cc(-c2cnc(N(C)C)cc2C)c(Cl)c2nc3n(c12)CCCN3. The van der Waals surface area contributed by atoms with Crippen LogP contribution in [-0.2, 0) is 11.3 Å². The first-order valence-electron chi connectivity index (χ1n) is 9.11. The molecule has 0 fully saturated rings. The summed E-state index contributed by atoms with van der Waals surface area (Å²) in [7, 11) is 5.27. The molecule has 8 heteroatoms. The van der Waals surface area contributed by atoms with E-state index in [1.54, 1.807) is 12.3 Å². The largest absolute Gasteiger partial charge is 0.465 e. The van der Waals surface area contributed by atoms with Gasteiger partial charge in [-0.2, -0.15) is 0 Å². The number of halogens is 1. The van der Waals surface area contributed by atoms with Gasteiger partial charge in [-0.1, -0.05) is 11.6 Å². The van der Waals surface area contributed by atoms with Crippen molar-refractivity contribution in [3.8, 4) is 11.1 Å². The van der Waals surface area contributed by atoms with E-state index in [0.717, 1.165) is 48.0 Å². The molecule has 3 heterocycles. The van der Waals surface area contributed by atoms with Gasteiger partial charge in [-0.05, 0) is 31.0 Å². The van der Waals surface area contributed by atoms with Crippen LogP contribution >= 0.6 is 11.6 Å². The average Bonchev–Trinajstić information content (AvgIpc) is 3.08. The van der Waals surface area contributed by atoms with Crippen molar-refractivity contribution >= 4 is 40.4 Å². The Bertz CT molecular complexity index is 1090. The molecule has 146 valence electrons. The summed E-state index contributed by atoms with van der Waals surface area (Å²) >= 11 is 6.80. The summed E-state index contributed by atoms with van der Waals surface area (Å²) in [5.41, 5.74) is 4.36. The summed E-state index contributed by atoms with van der Waals surface area (Å²) in [4.78, 5) is 23.7. The van der Waals surface area contributed by atoms with Gasteiger partial charge in [0, 0.05) is 44.5 Å². The van der Waals surface area contributed by atoms with Gasteiger partial charge in [-0.3, -0.25) is 0 Å². The fraction of sp³-hybridized carbons (Fsp3) is 0.350. The van der Waals surface area contributed by atoms with Gasteiger partial charge in [0.25, 0.3) is 0 Å². The van der Waals surface area contributed by atoms with Crippen molar-refractivity contribution in [3.63, 3.8) is 0 Å². The van der Waals surface area contributed by atoms with Gasteiger partial charge in [0.2, 0.25) is 5.95 Å². The van der Waals surface area contributed by atoms with Crippen LogP contribution < -0.4 is 10.2 Å². The second-order valence-electron chi connectivity index (χ2n) is 7.09. The quantitative estimate of drug-likeness (QED) is 0.676. The van der Waals surface area contributed by atoms with E-state index in [-0.39, 0.29) is 0 Å². The third-order valence-electron chi connectivity index (χ3n) is 5.05. The van der Waals surface area contributed by atoms with Crippen molar-refractivity contribution in [2.24, 2.45) is 0 Å². The predicted octanol–water partition coefficient (Wildman–Crippen LogP) is 3.73. The Morgan fingerprint density at radius 1 is 1.32 bits per heavy atom. The fourth-order valence-electron chi connectivity index (χ4n) is 3.60. The summed E-state index contributed by atoms with van der Waals surface area (Å²) < 4.78 is 7.05. The summed E-state index contributed by atoms with van der Waals surface area (Å²) in [5.74, 6) is 1.17. The average molecular weight is 400 g/mol. The number of benzene rings is 1. The van der Waals surface area contributed by atoms with Crippen LogP contribution in [0, 0.1) is 6.92 Å². The molecule has 0 saturated heterocycles. The number of hydrogen-bond acceptors (Lipinski definition) is 6. The lowest BCUT2D eigenvalue weighted by atomic mass is 9.99. The maximum Gasteiger partial charge on any atom is 0.340 e. The number of fused-ring (bicyclic) bond motifs is 3. The summed E-state index contributed by atoms with van der Waals surface area (Å²) in [6, 6.07) is 3.78. The highest BCUT2D eigenvalue weighted by atomic mass is 35.5. The molecule has 7 nitrogen and oxygen atoms in total. The van der Waals surface area contributed by atoms with Crippen LogP contribution in [0.15, 0.2) is 18.3 Å². The molecule has 1 aliphatic heterocycles. The Labute approximate surface area is 168 Å². The Morgan fingerprint density at radius 2 is 2.11 bits per heavy atom. The lowest BCUT2D eigenvalue weighted by Gasteiger charge is -2.18. The van der Waals surface area contributed by atoms with E-state index in [1.807, 2.05) is 36.6 Å². The molecule has 0 radical (unpaired) electrons. The molecule has 1 aromatic carbocycles. The first kappa shape index (κ1) is 18.6. The monoisotopic (exact) mass is 399 g/mol. The molecule has 0 spiro atoms. The third kappa shape index (κ3) is 2.86. The number of carbonyl (C=O) groups excluding carboxylic acids is 1. The Balaban J connectivity index is 2.00. The highest BCUT2D eigenvalue weighted by molar-refractivity contribution is 6.38. The molecule has 3 aromatic rings. The van der Waals surface area contributed by atoms with Crippen molar-refractivity contribution in [1.82, 2.24) is 14.5 Å². The number of rotatable bonds is 3. The van der Waals surface area contributed by atoms with Crippen molar-refractivity contribution in [2.45, 2.75) is 19.9 Å². The number of aryl methyl sites for hydroxylation is 2. The molecular formula is C20H22ClN5O2. The number of hydrogen-bond donors (Lipinski definition) is 1. The number of aromatic nitrogens is 3. The van der Waals surface area contributed by atoms with E-state index >= 15 is 0 Å². The van der Waals surface area contributed by atoms with Gasteiger partial charge in [-0.25, -0.2) is 14.8 Å². The predicted molar refractivity (Wildman–Crippen MR) is 111 cm³/mol. The number of nitrogens with zero attached hydrogens (tertiary/aromatic N) is 4. The number of ether oxygens (including phenoxy) is 1.